The van der Waals surface area contributed by atoms with E-state index >= 15 is 0 Å². The van der Waals surface area contributed by atoms with Crippen LogP contribution in [-0.2, 0) is 17.4 Å². The SMILES string of the molecule is Cc1ccc(C2(N=O)CCC(C)(C)c3ccc(SF)cc3C2)cc1. The van der Waals surface area contributed by atoms with Gasteiger partial charge in [-0.25, -0.2) is 0 Å². The van der Waals surface area contributed by atoms with Crippen molar-refractivity contribution in [3.63, 3.8) is 0 Å². The molecule has 0 bridgehead atoms. The van der Waals surface area contributed by atoms with E-state index in [1.807, 2.05) is 49.4 Å². The lowest BCUT2D eigenvalue weighted by molar-refractivity contribution is 0.359. The van der Waals surface area contributed by atoms with E-state index in [4.69, 9.17) is 0 Å². The molecule has 0 amide bonds. The maximum atomic E-state index is 13.1. The maximum absolute atomic E-state index is 13.1. The van der Waals surface area contributed by atoms with Crippen molar-refractivity contribution in [2.24, 2.45) is 5.18 Å². The van der Waals surface area contributed by atoms with Crippen LogP contribution in [0.3, 0.4) is 0 Å². The van der Waals surface area contributed by atoms with Crippen LogP contribution >= 0.6 is 12.1 Å². The van der Waals surface area contributed by atoms with E-state index in [2.05, 4.69) is 19.0 Å². The summed E-state index contributed by atoms with van der Waals surface area (Å²) >= 11 is 0.245. The molecule has 3 rings (SSSR count). The Bertz CT molecular complexity index is 757. The molecular weight excluding hydrogens is 321 g/mol. The molecule has 0 spiro atoms. The predicted octanol–water partition coefficient (Wildman–Crippen LogP) is 6.25. The highest BCUT2D eigenvalue weighted by Gasteiger charge is 2.41. The summed E-state index contributed by atoms with van der Waals surface area (Å²) < 4.78 is 13.1. The molecule has 1 unspecified atom stereocenters. The van der Waals surface area contributed by atoms with Crippen LogP contribution in [0.1, 0.15) is 48.9 Å². The van der Waals surface area contributed by atoms with Gasteiger partial charge in [-0.3, -0.25) is 0 Å². The fourth-order valence-corrected chi connectivity index (χ4v) is 4.03. The van der Waals surface area contributed by atoms with Crippen LogP contribution < -0.4 is 0 Å². The Morgan fingerprint density at radius 3 is 2.42 bits per heavy atom. The van der Waals surface area contributed by atoms with E-state index < -0.39 is 5.54 Å². The van der Waals surface area contributed by atoms with Crippen molar-refractivity contribution in [1.29, 1.82) is 0 Å². The summed E-state index contributed by atoms with van der Waals surface area (Å²) in [6, 6.07) is 13.7. The van der Waals surface area contributed by atoms with E-state index in [-0.39, 0.29) is 17.6 Å². The number of aryl methyl sites for hydroxylation is 1. The molecule has 1 aliphatic carbocycles. The number of hydrogen-bond acceptors (Lipinski definition) is 3. The van der Waals surface area contributed by atoms with Crippen molar-refractivity contribution in [2.45, 2.75) is 55.9 Å². The third-order valence-electron chi connectivity index (χ3n) is 5.31. The third kappa shape index (κ3) is 3.00. The van der Waals surface area contributed by atoms with Gasteiger partial charge in [-0.05, 0) is 54.0 Å². The molecule has 2 nitrogen and oxygen atoms in total. The van der Waals surface area contributed by atoms with Gasteiger partial charge in [0.25, 0.3) is 0 Å². The highest BCUT2D eigenvalue weighted by Crippen LogP contribution is 2.45. The lowest BCUT2D eigenvalue weighted by Gasteiger charge is -2.27. The number of hydrogen-bond donors (Lipinski definition) is 0. The van der Waals surface area contributed by atoms with E-state index in [1.165, 1.54) is 5.56 Å². The standard InChI is InChI=1S/C20H22FNOS/c1-14-4-6-16(7-5-14)20(22-23)11-10-19(2,3)18-9-8-17(24-21)12-15(18)13-20/h4-9,12H,10-11,13H2,1-3H3. The molecule has 0 saturated carbocycles. The van der Waals surface area contributed by atoms with Crippen molar-refractivity contribution in [3.05, 3.63) is 69.6 Å². The van der Waals surface area contributed by atoms with Crippen molar-refractivity contribution in [1.82, 2.24) is 0 Å². The highest BCUT2D eigenvalue weighted by atomic mass is 32.2. The van der Waals surface area contributed by atoms with Crippen molar-refractivity contribution in [3.8, 4) is 0 Å². The van der Waals surface area contributed by atoms with E-state index in [0.717, 1.165) is 23.1 Å². The Morgan fingerprint density at radius 1 is 1.08 bits per heavy atom. The third-order valence-corrected chi connectivity index (χ3v) is 5.74. The van der Waals surface area contributed by atoms with Gasteiger partial charge in [0.2, 0.25) is 0 Å². The van der Waals surface area contributed by atoms with Crippen LogP contribution in [-0.4, -0.2) is 0 Å². The summed E-state index contributed by atoms with van der Waals surface area (Å²) in [6.45, 7) is 6.40. The molecule has 0 aliphatic heterocycles. The van der Waals surface area contributed by atoms with E-state index in [1.54, 1.807) is 0 Å². The summed E-state index contributed by atoms with van der Waals surface area (Å²) in [7, 11) is 0. The molecule has 24 heavy (non-hydrogen) atoms. The predicted molar refractivity (Wildman–Crippen MR) is 98.0 cm³/mol. The lowest BCUT2D eigenvalue weighted by atomic mass is 9.79. The Balaban J connectivity index is 2.13. The summed E-state index contributed by atoms with van der Waals surface area (Å²) in [5.74, 6) is 0. The first-order valence-corrected chi connectivity index (χ1v) is 8.96. The largest absolute Gasteiger partial charge is 0.160 e. The van der Waals surface area contributed by atoms with E-state index in [9.17, 15) is 8.79 Å². The van der Waals surface area contributed by atoms with Gasteiger partial charge >= 0.3 is 0 Å². The fraction of sp³-hybridized carbons (Fsp3) is 0.400. The number of benzene rings is 2. The molecule has 2 aromatic carbocycles. The average Bonchev–Trinajstić information content (AvgIpc) is 2.70. The summed E-state index contributed by atoms with van der Waals surface area (Å²) in [5, 5.41) is 3.61. The van der Waals surface area contributed by atoms with Crippen LogP contribution in [0.5, 0.6) is 0 Å². The summed E-state index contributed by atoms with van der Waals surface area (Å²) in [4.78, 5) is 12.5. The first-order chi connectivity index (χ1) is 11.4. The van der Waals surface area contributed by atoms with Gasteiger partial charge in [-0.2, -0.15) is 3.89 Å². The Labute approximate surface area is 147 Å². The highest BCUT2D eigenvalue weighted by molar-refractivity contribution is 7.94. The number of halogens is 1. The van der Waals surface area contributed by atoms with Crippen LogP contribution in [0.4, 0.5) is 3.89 Å². The van der Waals surface area contributed by atoms with Crippen molar-refractivity contribution < 1.29 is 3.89 Å². The van der Waals surface area contributed by atoms with Gasteiger partial charge in [0.05, 0.1) is 12.1 Å². The van der Waals surface area contributed by atoms with Crippen LogP contribution in [0.15, 0.2) is 52.5 Å². The van der Waals surface area contributed by atoms with Gasteiger partial charge < -0.3 is 0 Å². The molecule has 0 fully saturated rings. The minimum atomic E-state index is -0.782. The molecule has 4 heteroatoms. The van der Waals surface area contributed by atoms with Gasteiger partial charge in [0.15, 0.2) is 0 Å². The van der Waals surface area contributed by atoms with E-state index in [0.29, 0.717) is 17.7 Å². The number of nitroso groups, excluding NO2 is 1. The minimum absolute atomic E-state index is 0.0635. The van der Waals surface area contributed by atoms with Gasteiger partial charge in [0, 0.05) is 11.3 Å². The summed E-state index contributed by atoms with van der Waals surface area (Å²) in [6.07, 6.45) is 2.08. The minimum Gasteiger partial charge on any atom is -0.160 e. The quantitative estimate of drug-likeness (QED) is 0.487. The zero-order valence-electron chi connectivity index (χ0n) is 14.3. The Kier molecular flexibility index (Phi) is 4.52. The summed E-state index contributed by atoms with van der Waals surface area (Å²) in [5.41, 5.74) is 3.48. The molecular formula is C20H22FNOS. The maximum Gasteiger partial charge on any atom is 0.131 e. The zero-order chi connectivity index (χ0) is 17.4. The fourth-order valence-electron chi connectivity index (χ4n) is 3.72. The molecule has 0 N–H and O–H groups in total. The Morgan fingerprint density at radius 2 is 1.79 bits per heavy atom. The van der Waals surface area contributed by atoms with Gasteiger partial charge in [-0.1, -0.05) is 54.9 Å². The van der Waals surface area contributed by atoms with Crippen molar-refractivity contribution >= 4 is 12.1 Å². The molecule has 0 heterocycles. The second kappa shape index (κ2) is 6.32. The number of nitrogens with zero attached hydrogens (tertiary/aromatic N) is 1. The topological polar surface area (TPSA) is 29.4 Å². The zero-order valence-corrected chi connectivity index (χ0v) is 15.1. The number of fused-ring (bicyclic) bond motifs is 1. The van der Waals surface area contributed by atoms with Crippen molar-refractivity contribution in [2.75, 3.05) is 0 Å². The molecule has 126 valence electrons. The van der Waals surface area contributed by atoms with Gasteiger partial charge in [0.1, 0.15) is 5.54 Å². The van der Waals surface area contributed by atoms with Crippen LogP contribution in [0, 0.1) is 11.8 Å². The van der Waals surface area contributed by atoms with Crippen LogP contribution in [0.25, 0.3) is 0 Å². The molecule has 1 aliphatic rings. The van der Waals surface area contributed by atoms with Gasteiger partial charge in [-0.15, -0.1) is 4.91 Å². The molecule has 2 aromatic rings. The lowest BCUT2D eigenvalue weighted by Crippen LogP contribution is -2.26. The molecule has 0 radical (unpaired) electrons. The molecule has 0 saturated heterocycles. The molecule has 1 atom stereocenters. The number of rotatable bonds is 3. The van der Waals surface area contributed by atoms with Crippen LogP contribution in [0.2, 0.25) is 0 Å². The second-order valence-electron chi connectivity index (χ2n) is 7.45. The Hall–Kier alpha value is -1.68. The first kappa shape index (κ1) is 17.2. The smallest absolute Gasteiger partial charge is 0.131 e. The first-order valence-electron chi connectivity index (χ1n) is 8.24. The second-order valence-corrected chi connectivity index (χ2v) is 8.07. The molecule has 0 aromatic heterocycles. The normalized spacial score (nSPS) is 22.5. The average molecular weight is 343 g/mol. The monoisotopic (exact) mass is 343 g/mol.